The number of aromatic nitrogens is 4. The van der Waals surface area contributed by atoms with Crippen LogP contribution in [0.25, 0.3) is 33.6 Å². The Morgan fingerprint density at radius 2 is 2.11 bits per heavy atom. The molecule has 2 aliphatic rings. The number of hydrogen-bond donors (Lipinski definition) is 2. The van der Waals surface area contributed by atoms with Crippen LogP contribution in [-0.2, 0) is 20.0 Å². The third-order valence-electron chi connectivity index (χ3n) is 7.48. The van der Waals surface area contributed by atoms with E-state index in [1.54, 1.807) is 13.2 Å². The van der Waals surface area contributed by atoms with Gasteiger partial charge in [-0.15, -0.1) is 0 Å². The van der Waals surface area contributed by atoms with Crippen molar-refractivity contribution < 1.29 is 23.8 Å². The average molecular weight is 521 g/mol. The molecule has 1 aliphatic carbocycles. The molecule has 1 aliphatic heterocycles. The summed E-state index contributed by atoms with van der Waals surface area (Å²) in [6.07, 6.45) is 1.57. The van der Waals surface area contributed by atoms with Gasteiger partial charge in [0.05, 0.1) is 35.6 Å². The van der Waals surface area contributed by atoms with Crippen molar-refractivity contribution in [2.24, 2.45) is 13.0 Å². The van der Waals surface area contributed by atoms with Crippen molar-refractivity contribution in [3.05, 3.63) is 41.6 Å². The number of methoxy groups -OCH3 is 1. The maximum Gasteiger partial charge on any atom is 0.405 e. The standard InChI is InChI=1S/C27H29FN6O4/c1-32-24-20(11-18-19(30-24)8-9-33(26(18)35)14-17(12-28)29-27(36)37)31-25(32)21-10-16-4-3-5-22(38-2)23(16)34(21)13-15-6-7-15/h3-5,10-11,15,17,29H,6-9,12-14H2,1-2H3,(H,36,37)/t17-/m1/s1. The Balaban J connectivity index is 1.40. The molecule has 6 rings (SSSR count). The molecule has 10 nitrogen and oxygen atoms in total. The molecule has 0 bridgehead atoms. The summed E-state index contributed by atoms with van der Waals surface area (Å²) in [5.41, 5.74) is 4.37. The molecular formula is C27H29FN6O4. The first-order valence-electron chi connectivity index (χ1n) is 12.8. The van der Waals surface area contributed by atoms with Crippen LogP contribution in [-0.4, -0.2) is 74.0 Å². The second-order valence-corrected chi connectivity index (χ2v) is 10.1. The van der Waals surface area contributed by atoms with E-state index in [1.165, 1.54) is 17.7 Å². The molecule has 11 heteroatoms. The van der Waals surface area contributed by atoms with Gasteiger partial charge in [0.2, 0.25) is 0 Å². The zero-order valence-electron chi connectivity index (χ0n) is 21.3. The van der Waals surface area contributed by atoms with Crippen LogP contribution >= 0.6 is 0 Å². The summed E-state index contributed by atoms with van der Waals surface area (Å²) in [6.45, 7) is 0.265. The van der Waals surface area contributed by atoms with E-state index in [9.17, 15) is 14.0 Å². The topological polar surface area (TPSA) is 115 Å². The van der Waals surface area contributed by atoms with Gasteiger partial charge in [0.1, 0.15) is 17.9 Å². The smallest absolute Gasteiger partial charge is 0.405 e. The van der Waals surface area contributed by atoms with Crippen molar-refractivity contribution in [1.29, 1.82) is 0 Å². The number of imidazole rings is 1. The van der Waals surface area contributed by atoms with E-state index in [0.29, 0.717) is 41.3 Å². The molecule has 0 saturated heterocycles. The van der Waals surface area contributed by atoms with Gasteiger partial charge in [-0.1, -0.05) is 12.1 Å². The Hall–Kier alpha value is -4.15. The Morgan fingerprint density at radius 1 is 1.29 bits per heavy atom. The van der Waals surface area contributed by atoms with Crippen molar-refractivity contribution in [3.63, 3.8) is 0 Å². The maximum absolute atomic E-state index is 13.4. The summed E-state index contributed by atoms with van der Waals surface area (Å²) in [5.74, 6) is 1.89. The fraction of sp³-hybridized carbons (Fsp3) is 0.407. The number of ether oxygens (including phenoxy) is 1. The molecule has 4 heterocycles. The summed E-state index contributed by atoms with van der Waals surface area (Å²) in [4.78, 5) is 35.4. The highest BCUT2D eigenvalue weighted by Crippen LogP contribution is 2.39. The molecule has 2 N–H and O–H groups in total. The SMILES string of the molecule is COc1cccc2cc(-c3nc4cc5c(nc4n3C)CCN(C[C@@H](CF)NC(=O)O)C5=O)n(CC3CC3)c12. The zero-order chi connectivity index (χ0) is 26.6. The van der Waals surface area contributed by atoms with E-state index in [2.05, 4.69) is 22.0 Å². The Morgan fingerprint density at radius 3 is 2.82 bits per heavy atom. The molecule has 1 fully saturated rings. The molecule has 0 radical (unpaired) electrons. The monoisotopic (exact) mass is 520 g/mol. The molecule has 198 valence electrons. The van der Waals surface area contributed by atoms with Crippen LogP contribution in [0, 0.1) is 5.92 Å². The number of carbonyl (C=O) groups is 2. The normalized spacial score (nSPS) is 16.2. The molecule has 1 atom stereocenters. The minimum Gasteiger partial charge on any atom is -0.495 e. The van der Waals surface area contributed by atoms with Crippen molar-refractivity contribution in [2.75, 3.05) is 26.9 Å². The lowest BCUT2D eigenvalue weighted by Gasteiger charge is -2.30. The summed E-state index contributed by atoms with van der Waals surface area (Å²) < 4.78 is 23.3. The second kappa shape index (κ2) is 9.30. The van der Waals surface area contributed by atoms with Crippen LogP contribution in [0.2, 0.25) is 0 Å². The molecule has 0 spiro atoms. The first-order chi connectivity index (χ1) is 18.4. The van der Waals surface area contributed by atoms with Crippen molar-refractivity contribution in [2.45, 2.75) is 31.8 Å². The number of halogens is 1. The number of alkyl halides is 1. The van der Waals surface area contributed by atoms with E-state index < -0.39 is 18.8 Å². The van der Waals surface area contributed by atoms with E-state index in [0.717, 1.165) is 34.7 Å². The van der Waals surface area contributed by atoms with Gasteiger partial charge >= 0.3 is 6.09 Å². The van der Waals surface area contributed by atoms with Crippen molar-refractivity contribution >= 4 is 34.1 Å². The Labute approximate surface area is 218 Å². The third-order valence-corrected chi connectivity index (χ3v) is 7.48. The van der Waals surface area contributed by atoms with Crippen molar-refractivity contribution in [1.82, 2.24) is 29.3 Å². The molecule has 0 unspecified atom stereocenters. The number of para-hydroxylation sites is 1. The molecule has 4 aromatic rings. The van der Waals surface area contributed by atoms with Gasteiger partial charge in [0, 0.05) is 38.5 Å². The predicted octanol–water partition coefficient (Wildman–Crippen LogP) is 3.61. The molecule has 2 amide bonds. The lowest BCUT2D eigenvalue weighted by Crippen LogP contribution is -2.48. The van der Waals surface area contributed by atoms with Gasteiger partial charge in [0.15, 0.2) is 11.5 Å². The fourth-order valence-electron chi connectivity index (χ4n) is 5.40. The maximum atomic E-state index is 13.4. The lowest BCUT2D eigenvalue weighted by atomic mass is 10.0. The van der Waals surface area contributed by atoms with E-state index >= 15 is 0 Å². The number of carboxylic acid groups (broad SMARTS) is 1. The Bertz CT molecular complexity index is 1570. The van der Waals surface area contributed by atoms with Gasteiger partial charge in [-0.25, -0.2) is 19.2 Å². The van der Waals surface area contributed by atoms with E-state index in [1.807, 2.05) is 23.7 Å². The quantitative estimate of drug-likeness (QED) is 0.367. The molecular weight excluding hydrogens is 491 g/mol. The highest BCUT2D eigenvalue weighted by molar-refractivity contribution is 5.99. The first kappa shape index (κ1) is 24.2. The number of amides is 2. The number of pyridine rings is 1. The molecule has 38 heavy (non-hydrogen) atoms. The minimum absolute atomic E-state index is 0.0459. The van der Waals surface area contributed by atoms with Crippen LogP contribution in [0.4, 0.5) is 9.18 Å². The van der Waals surface area contributed by atoms with Crippen LogP contribution < -0.4 is 10.1 Å². The minimum atomic E-state index is -1.32. The number of rotatable bonds is 8. The number of nitrogens with one attached hydrogen (secondary N) is 1. The van der Waals surface area contributed by atoms with Gasteiger partial charge in [-0.3, -0.25) is 4.79 Å². The van der Waals surface area contributed by atoms with Gasteiger partial charge in [0.25, 0.3) is 5.91 Å². The predicted molar refractivity (Wildman–Crippen MR) is 139 cm³/mol. The lowest BCUT2D eigenvalue weighted by molar-refractivity contribution is 0.0712. The number of fused-ring (bicyclic) bond motifs is 3. The van der Waals surface area contributed by atoms with E-state index in [-0.39, 0.29) is 12.5 Å². The highest BCUT2D eigenvalue weighted by Gasteiger charge is 2.31. The third kappa shape index (κ3) is 4.11. The highest BCUT2D eigenvalue weighted by atomic mass is 19.1. The number of hydrogen-bond acceptors (Lipinski definition) is 5. The molecule has 1 saturated carbocycles. The summed E-state index contributed by atoms with van der Waals surface area (Å²) >= 11 is 0. The van der Waals surface area contributed by atoms with Gasteiger partial charge in [-0.2, -0.15) is 0 Å². The number of aryl methyl sites for hydroxylation is 1. The first-order valence-corrected chi connectivity index (χ1v) is 12.8. The van der Waals surface area contributed by atoms with Gasteiger partial charge < -0.3 is 29.2 Å². The summed E-state index contributed by atoms with van der Waals surface area (Å²) in [7, 11) is 3.61. The number of nitrogens with zero attached hydrogens (tertiary/aromatic N) is 5. The largest absolute Gasteiger partial charge is 0.495 e. The van der Waals surface area contributed by atoms with Crippen molar-refractivity contribution in [3.8, 4) is 17.3 Å². The summed E-state index contributed by atoms with van der Waals surface area (Å²) in [6, 6.07) is 8.91. The Kier molecular flexibility index (Phi) is 5.93. The summed E-state index contributed by atoms with van der Waals surface area (Å²) in [5, 5.41) is 12.1. The average Bonchev–Trinajstić information content (AvgIpc) is 3.58. The van der Waals surface area contributed by atoms with Gasteiger partial charge in [-0.05, 0) is 37.0 Å². The van der Waals surface area contributed by atoms with E-state index in [4.69, 9.17) is 19.8 Å². The number of benzene rings is 1. The molecule has 1 aromatic carbocycles. The fourth-order valence-corrected chi connectivity index (χ4v) is 5.40. The number of carbonyl (C=O) groups excluding carboxylic acids is 1. The van der Waals surface area contributed by atoms with Crippen LogP contribution in [0.3, 0.4) is 0 Å². The van der Waals surface area contributed by atoms with Crippen LogP contribution in [0.15, 0.2) is 30.3 Å². The zero-order valence-corrected chi connectivity index (χ0v) is 21.3. The molecule has 3 aromatic heterocycles. The van der Waals surface area contributed by atoms with Crippen LogP contribution in [0.5, 0.6) is 5.75 Å². The second-order valence-electron chi connectivity index (χ2n) is 10.1. The van der Waals surface area contributed by atoms with Crippen LogP contribution in [0.1, 0.15) is 28.9 Å².